The molecule has 6 heteroatoms. The molecule has 2 fully saturated rings. The zero-order valence-corrected chi connectivity index (χ0v) is 12.3. The van der Waals surface area contributed by atoms with E-state index in [1.54, 1.807) is 12.1 Å². The van der Waals surface area contributed by atoms with Crippen molar-refractivity contribution in [3.63, 3.8) is 0 Å². The Balaban J connectivity index is 1.39. The van der Waals surface area contributed by atoms with E-state index in [2.05, 4.69) is 0 Å². The number of ether oxygens (including phenoxy) is 1. The van der Waals surface area contributed by atoms with Crippen molar-refractivity contribution >= 4 is 18.0 Å². The molecule has 1 heterocycles. The van der Waals surface area contributed by atoms with Crippen molar-refractivity contribution in [2.45, 2.75) is 13.0 Å². The van der Waals surface area contributed by atoms with Crippen molar-refractivity contribution in [3.8, 4) is 0 Å². The highest BCUT2D eigenvalue weighted by molar-refractivity contribution is 6.05. The number of carbonyl (C=O) groups excluding carboxylic acids is 3. The number of amides is 2. The van der Waals surface area contributed by atoms with Gasteiger partial charge >= 0.3 is 6.16 Å². The zero-order chi connectivity index (χ0) is 16.0. The predicted octanol–water partition coefficient (Wildman–Crippen LogP) is 2.06. The van der Waals surface area contributed by atoms with Crippen molar-refractivity contribution in [1.82, 2.24) is 5.06 Å². The minimum atomic E-state index is -1.05. The molecular weight excluding hydrogens is 298 g/mol. The van der Waals surface area contributed by atoms with Crippen LogP contribution in [0.25, 0.3) is 0 Å². The van der Waals surface area contributed by atoms with Crippen LogP contribution < -0.4 is 0 Å². The highest BCUT2D eigenvalue weighted by Gasteiger charge is 2.61. The van der Waals surface area contributed by atoms with Crippen LogP contribution in [0.2, 0.25) is 0 Å². The lowest BCUT2D eigenvalue weighted by Crippen LogP contribution is -2.35. The van der Waals surface area contributed by atoms with Gasteiger partial charge in [0.15, 0.2) is 0 Å². The molecule has 3 aliphatic rings. The fraction of sp³-hybridized carbons (Fsp3) is 0.353. The highest BCUT2D eigenvalue weighted by atomic mass is 16.8. The van der Waals surface area contributed by atoms with Crippen LogP contribution in [0.15, 0.2) is 42.5 Å². The summed E-state index contributed by atoms with van der Waals surface area (Å²) < 4.78 is 4.96. The molecule has 23 heavy (non-hydrogen) atoms. The van der Waals surface area contributed by atoms with Gasteiger partial charge in [-0.15, -0.1) is 0 Å². The zero-order valence-electron chi connectivity index (χ0n) is 12.3. The van der Waals surface area contributed by atoms with E-state index in [0.717, 1.165) is 12.0 Å². The van der Waals surface area contributed by atoms with Crippen LogP contribution in [-0.2, 0) is 25.8 Å². The van der Waals surface area contributed by atoms with Crippen LogP contribution in [0.3, 0.4) is 0 Å². The van der Waals surface area contributed by atoms with E-state index in [1.807, 2.05) is 30.4 Å². The van der Waals surface area contributed by atoms with Gasteiger partial charge in [-0.25, -0.2) is 4.79 Å². The lowest BCUT2D eigenvalue weighted by atomic mass is 9.85. The Labute approximate surface area is 132 Å². The van der Waals surface area contributed by atoms with Crippen molar-refractivity contribution in [3.05, 3.63) is 48.0 Å². The number of rotatable bonds is 3. The van der Waals surface area contributed by atoms with Crippen LogP contribution in [0.5, 0.6) is 0 Å². The lowest BCUT2D eigenvalue weighted by Gasteiger charge is -2.15. The Hall–Kier alpha value is -2.63. The molecule has 1 aromatic rings. The topological polar surface area (TPSA) is 72.9 Å². The minimum Gasteiger partial charge on any atom is -0.428 e. The Bertz CT molecular complexity index is 668. The Kier molecular flexibility index (Phi) is 3.18. The van der Waals surface area contributed by atoms with Gasteiger partial charge in [-0.3, -0.25) is 14.4 Å². The van der Waals surface area contributed by atoms with Crippen molar-refractivity contribution in [2.75, 3.05) is 0 Å². The van der Waals surface area contributed by atoms with E-state index in [9.17, 15) is 14.4 Å². The SMILES string of the molecule is O=C(OCc1ccccc1)ON1C(=O)[C@@H]2[C@H](C1=O)[C@@H]1C=C[C@H]2C1. The van der Waals surface area contributed by atoms with Gasteiger partial charge in [-0.1, -0.05) is 47.5 Å². The van der Waals surface area contributed by atoms with Crippen molar-refractivity contribution in [1.29, 1.82) is 0 Å². The second kappa shape index (κ2) is 5.22. The Morgan fingerprint density at radius 2 is 1.65 bits per heavy atom. The fourth-order valence-corrected chi connectivity index (χ4v) is 3.78. The van der Waals surface area contributed by atoms with Gasteiger partial charge in [0.25, 0.3) is 11.8 Å². The first-order chi connectivity index (χ1) is 11.1. The van der Waals surface area contributed by atoms with Gasteiger partial charge in [-0.05, 0) is 23.8 Å². The van der Waals surface area contributed by atoms with E-state index in [4.69, 9.17) is 9.57 Å². The molecular formula is C17H15NO5. The van der Waals surface area contributed by atoms with Gasteiger partial charge in [0.1, 0.15) is 6.61 Å². The van der Waals surface area contributed by atoms with E-state index >= 15 is 0 Å². The van der Waals surface area contributed by atoms with E-state index < -0.39 is 18.0 Å². The molecule has 118 valence electrons. The number of benzene rings is 1. The summed E-state index contributed by atoms with van der Waals surface area (Å²) in [5.74, 6) is -1.49. The molecule has 1 saturated heterocycles. The number of hydroxylamine groups is 2. The molecule has 0 aromatic heterocycles. The number of fused-ring (bicyclic) bond motifs is 5. The number of allylic oxidation sites excluding steroid dienone is 2. The summed E-state index contributed by atoms with van der Waals surface area (Å²) in [5.41, 5.74) is 0.794. The molecule has 2 aliphatic carbocycles. The monoisotopic (exact) mass is 313 g/mol. The van der Waals surface area contributed by atoms with Gasteiger partial charge in [0.05, 0.1) is 11.8 Å². The van der Waals surface area contributed by atoms with Crippen LogP contribution in [-0.4, -0.2) is 23.0 Å². The Morgan fingerprint density at radius 1 is 1.04 bits per heavy atom. The van der Waals surface area contributed by atoms with Gasteiger partial charge in [-0.2, -0.15) is 0 Å². The van der Waals surface area contributed by atoms with Crippen LogP contribution >= 0.6 is 0 Å². The molecule has 0 radical (unpaired) electrons. The minimum absolute atomic E-state index is 0.0234. The smallest absolute Gasteiger partial charge is 0.428 e. The molecule has 0 unspecified atom stereocenters. The molecule has 2 amide bonds. The number of carbonyl (C=O) groups is 3. The summed E-state index contributed by atoms with van der Waals surface area (Å²) >= 11 is 0. The Morgan fingerprint density at radius 3 is 2.26 bits per heavy atom. The summed E-state index contributed by atoms with van der Waals surface area (Å²) in [6, 6.07) is 9.09. The molecule has 6 nitrogen and oxygen atoms in total. The summed E-state index contributed by atoms with van der Waals surface area (Å²) in [6.07, 6.45) is 3.75. The maximum Gasteiger partial charge on any atom is 0.534 e. The quantitative estimate of drug-likeness (QED) is 0.485. The summed E-state index contributed by atoms with van der Waals surface area (Å²) in [7, 11) is 0. The molecule has 1 aromatic carbocycles. The molecule has 1 aliphatic heterocycles. The molecule has 0 N–H and O–H groups in total. The first-order valence-electron chi connectivity index (χ1n) is 7.60. The van der Waals surface area contributed by atoms with E-state index in [1.165, 1.54) is 0 Å². The van der Waals surface area contributed by atoms with Crippen molar-refractivity contribution in [2.24, 2.45) is 23.7 Å². The first kappa shape index (κ1) is 14.0. The summed E-state index contributed by atoms with van der Waals surface area (Å²) in [6.45, 7) is 0.0234. The normalized spacial score (nSPS) is 30.7. The van der Waals surface area contributed by atoms with Gasteiger partial charge < -0.3 is 4.74 Å². The number of hydrogen-bond acceptors (Lipinski definition) is 5. The van der Waals surface area contributed by atoms with Crippen LogP contribution in [0.4, 0.5) is 4.79 Å². The predicted molar refractivity (Wildman–Crippen MR) is 77.3 cm³/mol. The third-order valence-corrected chi connectivity index (χ3v) is 4.80. The van der Waals surface area contributed by atoms with Crippen LogP contribution in [0.1, 0.15) is 12.0 Å². The van der Waals surface area contributed by atoms with E-state index in [-0.39, 0.29) is 30.3 Å². The third-order valence-electron chi connectivity index (χ3n) is 4.80. The van der Waals surface area contributed by atoms with Crippen molar-refractivity contribution < 1.29 is 24.0 Å². The lowest BCUT2D eigenvalue weighted by molar-refractivity contribution is -0.180. The average molecular weight is 313 g/mol. The highest BCUT2D eigenvalue weighted by Crippen LogP contribution is 2.52. The standard InChI is InChI=1S/C17H15NO5/c19-15-13-11-6-7-12(8-11)14(13)16(20)18(15)23-17(21)22-9-10-4-2-1-3-5-10/h1-7,11-14H,8-9H2/t11-,12+,13-,14+. The molecule has 4 rings (SSSR count). The number of hydrogen-bond donors (Lipinski definition) is 0. The number of imide groups is 1. The third kappa shape index (κ3) is 2.21. The molecule has 2 bridgehead atoms. The average Bonchev–Trinajstić information content (AvgIpc) is 3.24. The maximum absolute atomic E-state index is 12.3. The summed E-state index contributed by atoms with van der Waals surface area (Å²) in [4.78, 5) is 41.3. The fourth-order valence-electron chi connectivity index (χ4n) is 3.78. The van der Waals surface area contributed by atoms with Gasteiger partial charge in [0, 0.05) is 0 Å². The summed E-state index contributed by atoms with van der Waals surface area (Å²) in [5, 5.41) is 0.592. The molecule has 1 saturated carbocycles. The van der Waals surface area contributed by atoms with Gasteiger partial charge in [0.2, 0.25) is 0 Å². The number of nitrogens with zero attached hydrogens (tertiary/aromatic N) is 1. The second-order valence-electron chi connectivity index (χ2n) is 6.09. The molecule has 0 spiro atoms. The second-order valence-corrected chi connectivity index (χ2v) is 6.09. The largest absolute Gasteiger partial charge is 0.534 e. The van der Waals surface area contributed by atoms with E-state index in [0.29, 0.717) is 5.06 Å². The maximum atomic E-state index is 12.3. The first-order valence-corrected chi connectivity index (χ1v) is 7.60. The molecule has 4 atom stereocenters. The van der Waals surface area contributed by atoms with Crippen LogP contribution in [0, 0.1) is 23.7 Å².